The van der Waals surface area contributed by atoms with Crippen molar-refractivity contribution < 1.29 is 13.2 Å². The third kappa shape index (κ3) is 2.86. The van der Waals surface area contributed by atoms with Crippen molar-refractivity contribution in [1.29, 1.82) is 0 Å². The molecule has 3 rings (SSSR count). The van der Waals surface area contributed by atoms with Gasteiger partial charge in [0.1, 0.15) is 0 Å². The maximum atomic E-state index is 12.8. The van der Waals surface area contributed by atoms with E-state index in [9.17, 15) is 13.2 Å². The molecule has 1 amide bonds. The lowest BCUT2D eigenvalue weighted by molar-refractivity contribution is 0.0700. The van der Waals surface area contributed by atoms with Gasteiger partial charge in [-0.05, 0) is 13.0 Å². The van der Waals surface area contributed by atoms with Gasteiger partial charge < -0.3 is 9.47 Å². The third-order valence-electron chi connectivity index (χ3n) is 4.41. The van der Waals surface area contributed by atoms with E-state index in [1.165, 1.54) is 4.31 Å². The number of aromatic nitrogens is 1. The standard InChI is InChI=1S/C16H21N3O3S/c1-3-23(21,22)19-10-8-18(9-11-19)16(20)14-12-17(2)15-7-5-4-6-13(14)15/h4-7,12H,3,8-11H2,1-2H3. The molecule has 124 valence electrons. The average Bonchev–Trinajstić information content (AvgIpc) is 2.92. The Morgan fingerprint density at radius 3 is 2.43 bits per heavy atom. The van der Waals surface area contributed by atoms with Crippen molar-refractivity contribution in [3.8, 4) is 0 Å². The van der Waals surface area contributed by atoms with Crippen LogP contribution in [0.1, 0.15) is 17.3 Å². The number of nitrogens with zero attached hydrogens (tertiary/aromatic N) is 3. The van der Waals surface area contributed by atoms with E-state index in [4.69, 9.17) is 0 Å². The van der Waals surface area contributed by atoms with Gasteiger partial charge in [-0.3, -0.25) is 4.79 Å². The van der Waals surface area contributed by atoms with E-state index in [1.54, 1.807) is 11.8 Å². The summed E-state index contributed by atoms with van der Waals surface area (Å²) in [4.78, 5) is 14.5. The molecule has 1 aromatic carbocycles. The van der Waals surface area contributed by atoms with Gasteiger partial charge in [-0.15, -0.1) is 0 Å². The summed E-state index contributed by atoms with van der Waals surface area (Å²) < 4.78 is 27.2. The highest BCUT2D eigenvalue weighted by Gasteiger charge is 2.29. The molecule has 0 saturated carbocycles. The fraction of sp³-hybridized carbons (Fsp3) is 0.438. The number of piperazine rings is 1. The highest BCUT2D eigenvalue weighted by molar-refractivity contribution is 7.89. The van der Waals surface area contributed by atoms with Crippen molar-refractivity contribution >= 4 is 26.8 Å². The second kappa shape index (κ2) is 5.98. The molecule has 1 aliphatic heterocycles. The van der Waals surface area contributed by atoms with Crippen LogP contribution in [-0.2, 0) is 17.1 Å². The Morgan fingerprint density at radius 1 is 1.13 bits per heavy atom. The molecule has 0 unspecified atom stereocenters. The van der Waals surface area contributed by atoms with Crippen LogP contribution in [0.3, 0.4) is 0 Å². The van der Waals surface area contributed by atoms with Crippen LogP contribution in [0, 0.1) is 0 Å². The van der Waals surface area contributed by atoms with Crippen LogP contribution in [0.15, 0.2) is 30.5 Å². The largest absolute Gasteiger partial charge is 0.350 e. The summed E-state index contributed by atoms with van der Waals surface area (Å²) in [5.41, 5.74) is 1.69. The lowest BCUT2D eigenvalue weighted by Gasteiger charge is -2.33. The molecule has 23 heavy (non-hydrogen) atoms. The summed E-state index contributed by atoms with van der Waals surface area (Å²) in [6.07, 6.45) is 1.85. The second-order valence-corrected chi connectivity index (χ2v) is 8.02. The van der Waals surface area contributed by atoms with Gasteiger partial charge in [0.25, 0.3) is 5.91 Å². The number of rotatable bonds is 3. The molecule has 0 aliphatic carbocycles. The first kappa shape index (κ1) is 16.0. The van der Waals surface area contributed by atoms with E-state index in [0.29, 0.717) is 31.7 Å². The highest BCUT2D eigenvalue weighted by Crippen LogP contribution is 2.22. The molecule has 2 heterocycles. The number of para-hydroxylation sites is 1. The molecule has 7 heteroatoms. The Hall–Kier alpha value is -1.86. The van der Waals surface area contributed by atoms with Crippen LogP contribution in [-0.4, -0.2) is 60.0 Å². The molecule has 0 atom stereocenters. The minimum atomic E-state index is -3.17. The smallest absolute Gasteiger partial charge is 0.256 e. The van der Waals surface area contributed by atoms with Crippen LogP contribution in [0.2, 0.25) is 0 Å². The summed E-state index contributed by atoms with van der Waals surface area (Å²) in [5.74, 6) is 0.0694. The van der Waals surface area contributed by atoms with Crippen LogP contribution in [0.5, 0.6) is 0 Å². The minimum Gasteiger partial charge on any atom is -0.350 e. The zero-order chi connectivity index (χ0) is 16.6. The maximum Gasteiger partial charge on any atom is 0.256 e. The monoisotopic (exact) mass is 335 g/mol. The molecule has 1 fully saturated rings. The normalized spacial score (nSPS) is 16.9. The predicted molar refractivity (Wildman–Crippen MR) is 89.9 cm³/mol. The van der Waals surface area contributed by atoms with E-state index in [1.807, 2.05) is 42.1 Å². The number of aryl methyl sites for hydroxylation is 1. The Morgan fingerprint density at radius 2 is 1.78 bits per heavy atom. The first-order valence-corrected chi connectivity index (χ1v) is 9.36. The summed E-state index contributed by atoms with van der Waals surface area (Å²) in [6, 6.07) is 7.80. The maximum absolute atomic E-state index is 12.8. The average molecular weight is 335 g/mol. The first-order chi connectivity index (χ1) is 10.9. The van der Waals surface area contributed by atoms with E-state index < -0.39 is 10.0 Å². The fourth-order valence-corrected chi connectivity index (χ4v) is 4.12. The van der Waals surface area contributed by atoms with Gasteiger partial charge in [0.15, 0.2) is 0 Å². The molecule has 1 saturated heterocycles. The number of benzene rings is 1. The number of hydrogen-bond acceptors (Lipinski definition) is 3. The van der Waals surface area contributed by atoms with Crippen LogP contribution >= 0.6 is 0 Å². The summed E-state index contributed by atoms with van der Waals surface area (Å²) in [7, 11) is -1.25. The van der Waals surface area contributed by atoms with Gasteiger partial charge in [-0.1, -0.05) is 18.2 Å². The predicted octanol–water partition coefficient (Wildman–Crippen LogP) is 1.29. The zero-order valence-electron chi connectivity index (χ0n) is 13.4. The number of fused-ring (bicyclic) bond motifs is 1. The molecule has 0 bridgehead atoms. The molecule has 0 N–H and O–H groups in total. The first-order valence-electron chi connectivity index (χ1n) is 7.75. The number of carbonyl (C=O) groups is 1. The Labute approximate surface area is 136 Å². The Bertz CT molecular complexity index is 833. The van der Waals surface area contributed by atoms with Gasteiger partial charge >= 0.3 is 0 Å². The summed E-state index contributed by atoms with van der Waals surface area (Å²) >= 11 is 0. The van der Waals surface area contributed by atoms with Crippen molar-refractivity contribution in [2.75, 3.05) is 31.9 Å². The van der Waals surface area contributed by atoms with Crippen LogP contribution < -0.4 is 0 Å². The Kier molecular flexibility index (Phi) is 4.16. The fourth-order valence-electron chi connectivity index (χ4n) is 3.03. The lowest BCUT2D eigenvalue weighted by Crippen LogP contribution is -2.50. The number of carbonyl (C=O) groups excluding carboxylic acids is 1. The Balaban J connectivity index is 1.80. The van der Waals surface area contributed by atoms with Crippen molar-refractivity contribution in [3.05, 3.63) is 36.0 Å². The minimum absolute atomic E-state index is 0.0321. The van der Waals surface area contributed by atoms with Crippen molar-refractivity contribution in [3.63, 3.8) is 0 Å². The van der Waals surface area contributed by atoms with E-state index >= 15 is 0 Å². The van der Waals surface area contributed by atoms with E-state index in [-0.39, 0.29) is 11.7 Å². The van der Waals surface area contributed by atoms with Crippen molar-refractivity contribution in [2.24, 2.45) is 7.05 Å². The lowest BCUT2D eigenvalue weighted by atomic mass is 10.1. The molecule has 6 nitrogen and oxygen atoms in total. The summed E-state index contributed by atoms with van der Waals surface area (Å²) in [6.45, 7) is 3.24. The van der Waals surface area contributed by atoms with Gasteiger partial charge in [0.2, 0.25) is 10.0 Å². The molecule has 0 radical (unpaired) electrons. The second-order valence-electron chi connectivity index (χ2n) is 5.76. The van der Waals surface area contributed by atoms with Crippen LogP contribution in [0.25, 0.3) is 10.9 Å². The molecule has 0 spiro atoms. The number of amides is 1. The molecular formula is C16H21N3O3S. The third-order valence-corrected chi connectivity index (χ3v) is 6.29. The topological polar surface area (TPSA) is 62.6 Å². The summed E-state index contributed by atoms with van der Waals surface area (Å²) in [5, 5.41) is 0.934. The zero-order valence-corrected chi connectivity index (χ0v) is 14.2. The molecule has 1 aromatic heterocycles. The van der Waals surface area contributed by atoms with E-state index in [2.05, 4.69) is 0 Å². The van der Waals surface area contributed by atoms with Gasteiger partial charge in [0, 0.05) is 50.3 Å². The molecule has 1 aliphatic rings. The highest BCUT2D eigenvalue weighted by atomic mass is 32.2. The van der Waals surface area contributed by atoms with Gasteiger partial charge in [0.05, 0.1) is 11.3 Å². The van der Waals surface area contributed by atoms with Gasteiger partial charge in [-0.2, -0.15) is 4.31 Å². The van der Waals surface area contributed by atoms with Crippen molar-refractivity contribution in [2.45, 2.75) is 6.92 Å². The SMILES string of the molecule is CCS(=O)(=O)N1CCN(C(=O)c2cn(C)c3ccccc23)CC1. The van der Waals surface area contributed by atoms with Crippen LogP contribution in [0.4, 0.5) is 0 Å². The number of sulfonamides is 1. The number of hydrogen-bond donors (Lipinski definition) is 0. The van der Waals surface area contributed by atoms with E-state index in [0.717, 1.165) is 10.9 Å². The quantitative estimate of drug-likeness (QED) is 0.849. The van der Waals surface area contributed by atoms with Crippen molar-refractivity contribution in [1.82, 2.24) is 13.8 Å². The molecule has 2 aromatic rings. The van der Waals surface area contributed by atoms with Gasteiger partial charge in [-0.25, -0.2) is 8.42 Å². The molecular weight excluding hydrogens is 314 g/mol.